The van der Waals surface area contributed by atoms with Crippen molar-refractivity contribution in [2.45, 2.75) is 0 Å². The summed E-state index contributed by atoms with van der Waals surface area (Å²) in [6.45, 7) is -0.660. The number of rotatable bonds is 6. The monoisotopic (exact) mass is 373 g/mol. The maximum Gasteiger partial charge on any atom is 0.339 e. The van der Waals surface area contributed by atoms with E-state index in [0.29, 0.717) is 0 Å². The first-order chi connectivity index (χ1) is 12.8. The van der Waals surface area contributed by atoms with Crippen molar-refractivity contribution in [3.63, 3.8) is 0 Å². The number of nitrogens with two attached hydrogens (primary N) is 1. The van der Waals surface area contributed by atoms with Crippen molar-refractivity contribution in [3.8, 4) is 0 Å². The average molecular weight is 373 g/mol. The number of nitrogens with one attached hydrogen (secondary N) is 1. The Morgan fingerprint density at radius 3 is 2.52 bits per heavy atom. The first-order valence-electron chi connectivity index (χ1n) is 7.51. The fourth-order valence-electron chi connectivity index (χ4n) is 2.11. The number of nitrogen functional groups attached to an aromatic ring is 1. The zero-order chi connectivity index (χ0) is 20.0. The van der Waals surface area contributed by atoms with E-state index in [9.17, 15) is 24.5 Å². The molecule has 2 aromatic carbocycles. The number of ether oxygens (including phenoxy) is 2. The standard InChI is InChI=1S/C17H15N3O7/c1-26-17(23)11-4-2-3-5-13(11)19-15(21)9-27-16(22)10-6-7-12(18)14(8-10)20(24)25/h2-8H,9,18H2,1H3,(H,19,21). The first-order valence-corrected chi connectivity index (χ1v) is 7.51. The van der Waals surface area contributed by atoms with Gasteiger partial charge in [-0.3, -0.25) is 14.9 Å². The number of nitro benzene ring substituents is 1. The number of carbonyl (C=O) groups is 3. The third-order valence-corrected chi connectivity index (χ3v) is 3.40. The van der Waals surface area contributed by atoms with Crippen LogP contribution in [0, 0.1) is 10.1 Å². The number of para-hydroxylation sites is 1. The summed E-state index contributed by atoms with van der Waals surface area (Å²) < 4.78 is 9.45. The number of nitro groups is 1. The number of esters is 2. The van der Waals surface area contributed by atoms with Crippen LogP contribution in [0.1, 0.15) is 20.7 Å². The van der Waals surface area contributed by atoms with E-state index in [1.54, 1.807) is 12.1 Å². The Morgan fingerprint density at radius 2 is 1.85 bits per heavy atom. The number of hydrogen-bond acceptors (Lipinski definition) is 8. The van der Waals surface area contributed by atoms with E-state index in [-0.39, 0.29) is 22.5 Å². The van der Waals surface area contributed by atoms with E-state index in [1.165, 1.54) is 31.4 Å². The zero-order valence-corrected chi connectivity index (χ0v) is 14.1. The van der Waals surface area contributed by atoms with E-state index in [4.69, 9.17) is 10.5 Å². The minimum absolute atomic E-state index is 0.103. The molecule has 0 heterocycles. The van der Waals surface area contributed by atoms with Gasteiger partial charge in [-0.2, -0.15) is 0 Å². The van der Waals surface area contributed by atoms with Crippen LogP contribution >= 0.6 is 0 Å². The highest BCUT2D eigenvalue weighted by Gasteiger charge is 2.18. The lowest BCUT2D eigenvalue weighted by atomic mass is 10.2. The molecule has 2 rings (SSSR count). The lowest BCUT2D eigenvalue weighted by Gasteiger charge is -2.10. The first kappa shape index (κ1) is 19.4. The van der Waals surface area contributed by atoms with Crippen LogP contribution in [0.25, 0.3) is 0 Å². The molecule has 140 valence electrons. The topological polar surface area (TPSA) is 151 Å². The predicted molar refractivity (Wildman–Crippen MR) is 94.2 cm³/mol. The summed E-state index contributed by atoms with van der Waals surface area (Å²) in [6.07, 6.45) is 0. The second-order valence-corrected chi connectivity index (χ2v) is 5.19. The number of anilines is 2. The number of methoxy groups -OCH3 is 1. The second kappa shape index (κ2) is 8.43. The van der Waals surface area contributed by atoms with Gasteiger partial charge >= 0.3 is 11.9 Å². The summed E-state index contributed by atoms with van der Waals surface area (Å²) in [5.74, 6) is -2.28. The molecule has 0 bridgehead atoms. The van der Waals surface area contributed by atoms with E-state index in [2.05, 4.69) is 10.1 Å². The van der Waals surface area contributed by atoms with Crippen LogP contribution in [0.5, 0.6) is 0 Å². The van der Waals surface area contributed by atoms with Gasteiger partial charge in [0.05, 0.1) is 28.8 Å². The van der Waals surface area contributed by atoms with E-state index >= 15 is 0 Å². The SMILES string of the molecule is COC(=O)c1ccccc1NC(=O)COC(=O)c1ccc(N)c([N+](=O)[O-])c1. The summed E-state index contributed by atoms with van der Waals surface area (Å²) in [5.41, 5.74) is 5.10. The van der Waals surface area contributed by atoms with Crippen LogP contribution in [0.2, 0.25) is 0 Å². The lowest BCUT2D eigenvalue weighted by molar-refractivity contribution is -0.383. The number of hydrogen-bond donors (Lipinski definition) is 2. The van der Waals surface area contributed by atoms with E-state index in [1.807, 2.05) is 0 Å². The maximum absolute atomic E-state index is 12.0. The molecule has 0 unspecified atom stereocenters. The zero-order valence-electron chi connectivity index (χ0n) is 14.1. The highest BCUT2D eigenvalue weighted by atomic mass is 16.6. The van der Waals surface area contributed by atoms with E-state index in [0.717, 1.165) is 6.07 Å². The lowest BCUT2D eigenvalue weighted by Crippen LogP contribution is -2.22. The third-order valence-electron chi connectivity index (χ3n) is 3.40. The molecular formula is C17H15N3O7. The fourth-order valence-corrected chi connectivity index (χ4v) is 2.11. The molecule has 0 aliphatic heterocycles. The molecule has 0 saturated carbocycles. The summed E-state index contributed by atoms with van der Waals surface area (Å²) in [4.78, 5) is 45.7. The Kier molecular flexibility index (Phi) is 6.05. The van der Waals surface area contributed by atoms with Crippen molar-refractivity contribution in [2.24, 2.45) is 0 Å². The van der Waals surface area contributed by atoms with Crippen molar-refractivity contribution >= 4 is 34.9 Å². The summed E-state index contributed by atoms with van der Waals surface area (Å²) >= 11 is 0. The summed E-state index contributed by atoms with van der Waals surface area (Å²) in [6, 6.07) is 9.53. The predicted octanol–water partition coefficient (Wildman–Crippen LogP) is 1.76. The van der Waals surface area contributed by atoms with Crippen molar-refractivity contribution in [3.05, 3.63) is 63.7 Å². The van der Waals surface area contributed by atoms with Gasteiger partial charge in [-0.25, -0.2) is 9.59 Å². The third kappa shape index (κ3) is 4.78. The Morgan fingerprint density at radius 1 is 1.15 bits per heavy atom. The van der Waals surface area contributed by atoms with Gasteiger partial charge in [-0.05, 0) is 24.3 Å². The smallest absolute Gasteiger partial charge is 0.339 e. The van der Waals surface area contributed by atoms with Crippen LogP contribution in [0.15, 0.2) is 42.5 Å². The quantitative estimate of drug-likeness (QED) is 0.336. The molecule has 27 heavy (non-hydrogen) atoms. The molecule has 0 spiro atoms. The van der Waals surface area contributed by atoms with Gasteiger partial charge in [0.15, 0.2) is 6.61 Å². The molecule has 0 saturated heterocycles. The van der Waals surface area contributed by atoms with Crippen molar-refractivity contribution < 1.29 is 28.8 Å². The Balaban J connectivity index is 2.02. The van der Waals surface area contributed by atoms with E-state index < -0.39 is 35.1 Å². The number of carbonyl (C=O) groups excluding carboxylic acids is 3. The van der Waals surface area contributed by atoms with Gasteiger partial charge in [0.25, 0.3) is 11.6 Å². The van der Waals surface area contributed by atoms with Crippen LogP contribution < -0.4 is 11.1 Å². The van der Waals surface area contributed by atoms with Crippen molar-refractivity contribution in [2.75, 3.05) is 24.8 Å². The molecule has 3 N–H and O–H groups in total. The van der Waals surface area contributed by atoms with Gasteiger partial charge in [0.1, 0.15) is 5.69 Å². The van der Waals surface area contributed by atoms with Crippen molar-refractivity contribution in [1.82, 2.24) is 0 Å². The Bertz CT molecular complexity index is 911. The van der Waals surface area contributed by atoms with Crippen LogP contribution in [0.4, 0.5) is 17.1 Å². The van der Waals surface area contributed by atoms with Crippen LogP contribution in [-0.4, -0.2) is 36.5 Å². The van der Waals surface area contributed by atoms with Gasteiger partial charge < -0.3 is 20.5 Å². The molecule has 0 fully saturated rings. The molecule has 0 radical (unpaired) electrons. The molecule has 10 heteroatoms. The highest BCUT2D eigenvalue weighted by molar-refractivity contribution is 6.02. The Labute approximate surface area is 153 Å². The minimum Gasteiger partial charge on any atom is -0.465 e. The summed E-state index contributed by atoms with van der Waals surface area (Å²) in [7, 11) is 1.20. The average Bonchev–Trinajstić information content (AvgIpc) is 2.66. The van der Waals surface area contributed by atoms with Gasteiger partial charge in [0.2, 0.25) is 0 Å². The van der Waals surface area contributed by atoms with Crippen LogP contribution in [-0.2, 0) is 14.3 Å². The number of nitrogens with zero attached hydrogens (tertiary/aromatic N) is 1. The molecule has 10 nitrogen and oxygen atoms in total. The number of benzene rings is 2. The largest absolute Gasteiger partial charge is 0.465 e. The van der Waals surface area contributed by atoms with Gasteiger partial charge in [-0.15, -0.1) is 0 Å². The van der Waals surface area contributed by atoms with Crippen molar-refractivity contribution in [1.29, 1.82) is 0 Å². The molecule has 0 atom stereocenters. The Hall–Kier alpha value is -3.95. The molecule has 1 amide bonds. The minimum atomic E-state index is -0.936. The molecule has 0 aromatic heterocycles. The molecule has 2 aromatic rings. The highest BCUT2D eigenvalue weighted by Crippen LogP contribution is 2.22. The number of amides is 1. The van der Waals surface area contributed by atoms with Gasteiger partial charge in [0, 0.05) is 6.07 Å². The second-order valence-electron chi connectivity index (χ2n) is 5.19. The molecule has 0 aliphatic carbocycles. The van der Waals surface area contributed by atoms with Crippen LogP contribution in [0.3, 0.4) is 0 Å². The fraction of sp³-hybridized carbons (Fsp3) is 0.118. The van der Waals surface area contributed by atoms with Gasteiger partial charge in [-0.1, -0.05) is 12.1 Å². The maximum atomic E-state index is 12.0. The normalized spacial score (nSPS) is 9.96. The molecular weight excluding hydrogens is 358 g/mol. The summed E-state index contributed by atoms with van der Waals surface area (Å²) in [5, 5.41) is 13.3. The molecule has 0 aliphatic rings.